The molecule has 0 fully saturated rings. The van der Waals surface area contributed by atoms with Crippen LogP contribution in [-0.2, 0) is 0 Å². The fourth-order valence-corrected chi connectivity index (χ4v) is 3.65. The van der Waals surface area contributed by atoms with E-state index in [2.05, 4.69) is 0 Å². The van der Waals surface area contributed by atoms with Crippen LogP contribution >= 0.6 is 0 Å². The number of benzene rings is 2. The summed E-state index contributed by atoms with van der Waals surface area (Å²) in [5.74, 6) is -0.919. The molecule has 0 saturated heterocycles. The predicted octanol–water partition coefficient (Wildman–Crippen LogP) is 5.34. The molecule has 0 atom stereocenters. The van der Waals surface area contributed by atoms with E-state index in [1.165, 1.54) is 19.1 Å². The summed E-state index contributed by atoms with van der Waals surface area (Å²) in [5.41, 5.74) is 0.613. The van der Waals surface area contributed by atoms with Crippen molar-refractivity contribution < 1.29 is 23.5 Å². The van der Waals surface area contributed by atoms with Crippen LogP contribution in [0.5, 0.6) is 5.75 Å². The van der Waals surface area contributed by atoms with Crippen molar-refractivity contribution in [2.24, 2.45) is 5.92 Å². The molecular formula is C24H20O6. The summed E-state index contributed by atoms with van der Waals surface area (Å²) >= 11 is 0. The van der Waals surface area contributed by atoms with Crippen LogP contribution in [0.1, 0.15) is 48.1 Å². The second-order valence-corrected chi connectivity index (χ2v) is 7.70. The van der Waals surface area contributed by atoms with E-state index in [9.17, 15) is 19.5 Å². The van der Waals surface area contributed by atoms with Gasteiger partial charge in [0.25, 0.3) is 0 Å². The van der Waals surface area contributed by atoms with E-state index < -0.39 is 5.63 Å². The van der Waals surface area contributed by atoms with E-state index in [-0.39, 0.29) is 57.5 Å². The van der Waals surface area contributed by atoms with Gasteiger partial charge in [-0.25, -0.2) is 4.79 Å². The number of phenols is 1. The van der Waals surface area contributed by atoms with Gasteiger partial charge >= 0.3 is 5.63 Å². The first-order valence-electron chi connectivity index (χ1n) is 9.63. The van der Waals surface area contributed by atoms with Crippen LogP contribution in [0.4, 0.5) is 0 Å². The average Bonchev–Trinajstić information content (AvgIpc) is 3.13. The number of hydrogen-bond acceptors (Lipinski definition) is 6. The first-order valence-corrected chi connectivity index (χ1v) is 9.63. The number of carbonyl (C=O) groups is 2. The largest absolute Gasteiger partial charge is 0.506 e. The van der Waals surface area contributed by atoms with E-state index in [0.29, 0.717) is 16.5 Å². The van der Waals surface area contributed by atoms with E-state index in [4.69, 9.17) is 8.83 Å². The molecule has 0 amide bonds. The summed E-state index contributed by atoms with van der Waals surface area (Å²) in [4.78, 5) is 37.3. The average molecular weight is 404 g/mol. The molecule has 0 radical (unpaired) electrons. The highest BCUT2D eigenvalue weighted by Gasteiger charge is 2.27. The number of Topliss-reactive ketones (excluding diaryl/α,β-unsaturated/α-hetero) is 2. The summed E-state index contributed by atoms with van der Waals surface area (Å²) in [7, 11) is 0. The maximum atomic E-state index is 13.0. The van der Waals surface area contributed by atoms with Gasteiger partial charge < -0.3 is 13.9 Å². The normalized spacial score (nSPS) is 11.5. The van der Waals surface area contributed by atoms with Crippen LogP contribution in [0.25, 0.3) is 33.1 Å². The van der Waals surface area contributed by atoms with Crippen LogP contribution in [0.15, 0.2) is 56.1 Å². The molecule has 2 heterocycles. The van der Waals surface area contributed by atoms with Crippen molar-refractivity contribution in [3.63, 3.8) is 0 Å². The number of rotatable bonds is 5. The minimum atomic E-state index is -0.617. The van der Waals surface area contributed by atoms with Crippen LogP contribution in [0, 0.1) is 5.92 Å². The third-order valence-electron chi connectivity index (χ3n) is 4.94. The van der Waals surface area contributed by atoms with Gasteiger partial charge in [0.2, 0.25) is 0 Å². The van der Waals surface area contributed by atoms with Gasteiger partial charge in [0, 0.05) is 25.0 Å². The maximum absolute atomic E-state index is 13.0. The minimum absolute atomic E-state index is 0.00951. The molecule has 2 aromatic carbocycles. The van der Waals surface area contributed by atoms with Crippen molar-refractivity contribution in [2.75, 3.05) is 0 Å². The molecule has 4 aromatic rings. The number of carbonyl (C=O) groups excluding carboxylic acids is 2. The minimum Gasteiger partial charge on any atom is -0.506 e. The summed E-state index contributed by atoms with van der Waals surface area (Å²) < 4.78 is 11.1. The van der Waals surface area contributed by atoms with E-state index in [1.54, 1.807) is 12.1 Å². The molecule has 6 heteroatoms. The summed E-state index contributed by atoms with van der Waals surface area (Å²) in [6.07, 6.45) is 0.182. The molecule has 0 aliphatic carbocycles. The Bertz CT molecular complexity index is 1360. The first kappa shape index (κ1) is 19.6. The van der Waals surface area contributed by atoms with E-state index >= 15 is 0 Å². The highest BCUT2D eigenvalue weighted by atomic mass is 16.4. The second kappa shape index (κ2) is 7.30. The van der Waals surface area contributed by atoms with Gasteiger partial charge in [-0.2, -0.15) is 0 Å². The van der Waals surface area contributed by atoms with Gasteiger partial charge in [0.05, 0.1) is 10.8 Å². The van der Waals surface area contributed by atoms with E-state index in [0.717, 1.165) is 0 Å². The fraction of sp³-hybridized carbons (Fsp3) is 0.208. The van der Waals surface area contributed by atoms with Crippen LogP contribution in [0.3, 0.4) is 0 Å². The van der Waals surface area contributed by atoms with Crippen molar-refractivity contribution in [3.8, 4) is 16.9 Å². The van der Waals surface area contributed by atoms with Gasteiger partial charge in [-0.1, -0.05) is 44.2 Å². The quantitative estimate of drug-likeness (QED) is 0.356. The van der Waals surface area contributed by atoms with Gasteiger partial charge in [-0.3, -0.25) is 9.59 Å². The monoisotopic (exact) mass is 404 g/mol. The zero-order chi connectivity index (χ0) is 21.6. The Labute approximate surface area is 171 Å². The summed E-state index contributed by atoms with van der Waals surface area (Å²) in [6, 6.07) is 11.8. The van der Waals surface area contributed by atoms with Crippen LogP contribution in [0.2, 0.25) is 0 Å². The zero-order valence-electron chi connectivity index (χ0n) is 16.8. The third kappa shape index (κ3) is 3.20. The molecule has 0 bridgehead atoms. The predicted molar refractivity (Wildman–Crippen MR) is 113 cm³/mol. The Morgan fingerprint density at radius 3 is 2.37 bits per heavy atom. The second-order valence-electron chi connectivity index (χ2n) is 7.70. The molecule has 0 spiro atoms. The van der Waals surface area contributed by atoms with Crippen molar-refractivity contribution in [1.82, 2.24) is 0 Å². The molecule has 2 aromatic heterocycles. The lowest BCUT2D eigenvalue weighted by molar-refractivity contribution is 0.0959. The standard InChI is InChI=1S/C24H20O6/c1-12(2)9-17(26)21-22(28)20-15(14-7-5-4-6-8-14)11-19(27)30-23(20)16-10-18(13(3)25)29-24(16)21/h4-8,10-12,28H,9H2,1-3H3. The molecule has 6 nitrogen and oxygen atoms in total. The fourth-order valence-electron chi connectivity index (χ4n) is 3.65. The van der Waals surface area contributed by atoms with Gasteiger partial charge in [0.1, 0.15) is 11.3 Å². The first-order chi connectivity index (χ1) is 14.3. The number of fused-ring (bicyclic) bond motifs is 3. The molecule has 0 unspecified atom stereocenters. The lowest BCUT2D eigenvalue weighted by atomic mass is 9.93. The van der Waals surface area contributed by atoms with Crippen molar-refractivity contribution in [2.45, 2.75) is 27.2 Å². The Balaban J connectivity index is 2.20. The Kier molecular flexibility index (Phi) is 4.78. The topological polar surface area (TPSA) is 97.7 Å². The third-order valence-corrected chi connectivity index (χ3v) is 4.94. The Morgan fingerprint density at radius 1 is 1.03 bits per heavy atom. The Morgan fingerprint density at radius 2 is 1.73 bits per heavy atom. The molecular weight excluding hydrogens is 384 g/mol. The molecule has 152 valence electrons. The number of aromatic hydroxyl groups is 1. The summed E-state index contributed by atoms with van der Waals surface area (Å²) in [5, 5.41) is 11.7. The number of phenolic OH excluding ortho intramolecular Hbond substituents is 1. The Hall–Kier alpha value is -3.67. The lowest BCUT2D eigenvalue weighted by Gasteiger charge is -2.12. The molecule has 30 heavy (non-hydrogen) atoms. The van der Waals surface area contributed by atoms with E-state index in [1.807, 2.05) is 32.0 Å². The number of ketones is 2. The van der Waals surface area contributed by atoms with Crippen molar-refractivity contribution in [1.29, 1.82) is 0 Å². The molecule has 0 saturated carbocycles. The van der Waals surface area contributed by atoms with Crippen LogP contribution in [-0.4, -0.2) is 16.7 Å². The highest BCUT2D eigenvalue weighted by molar-refractivity contribution is 6.21. The van der Waals surface area contributed by atoms with Crippen LogP contribution < -0.4 is 5.63 Å². The highest BCUT2D eigenvalue weighted by Crippen LogP contribution is 2.43. The SMILES string of the molecule is CC(=O)c1cc2c(o1)c(C(=O)CC(C)C)c(O)c1c(-c3ccccc3)cc(=O)oc12. The number of hydrogen-bond donors (Lipinski definition) is 1. The smallest absolute Gasteiger partial charge is 0.336 e. The van der Waals surface area contributed by atoms with Gasteiger partial charge in [0.15, 0.2) is 28.5 Å². The summed E-state index contributed by atoms with van der Waals surface area (Å²) in [6.45, 7) is 5.12. The lowest BCUT2D eigenvalue weighted by Crippen LogP contribution is -2.06. The zero-order valence-corrected chi connectivity index (χ0v) is 16.8. The van der Waals surface area contributed by atoms with Gasteiger partial charge in [-0.15, -0.1) is 0 Å². The molecule has 4 rings (SSSR count). The maximum Gasteiger partial charge on any atom is 0.336 e. The van der Waals surface area contributed by atoms with Crippen molar-refractivity contribution >= 4 is 33.5 Å². The number of furan rings is 1. The van der Waals surface area contributed by atoms with Crippen molar-refractivity contribution in [3.05, 3.63) is 64.2 Å². The molecule has 0 aliphatic rings. The molecule has 1 N–H and O–H groups in total. The van der Waals surface area contributed by atoms with Gasteiger partial charge in [-0.05, 0) is 17.5 Å². The molecule has 0 aliphatic heterocycles.